The lowest BCUT2D eigenvalue weighted by Crippen LogP contribution is -2.38. The zero-order valence-electron chi connectivity index (χ0n) is 13.5. The summed E-state index contributed by atoms with van der Waals surface area (Å²) in [6.07, 6.45) is 4.39. The smallest absolute Gasteiger partial charge is 0.161 e. The van der Waals surface area contributed by atoms with Crippen LogP contribution < -0.4 is 10.6 Å². The van der Waals surface area contributed by atoms with Gasteiger partial charge in [-0.05, 0) is 37.9 Å². The van der Waals surface area contributed by atoms with Gasteiger partial charge >= 0.3 is 0 Å². The maximum absolute atomic E-state index is 6.11. The Hall–Kier alpha value is -1.65. The van der Waals surface area contributed by atoms with Crippen molar-refractivity contribution < 1.29 is 0 Å². The minimum absolute atomic E-state index is 0.431. The van der Waals surface area contributed by atoms with E-state index in [0.717, 1.165) is 48.8 Å². The van der Waals surface area contributed by atoms with E-state index < -0.39 is 0 Å². The molecule has 0 radical (unpaired) electrons. The molecule has 0 spiro atoms. The lowest BCUT2D eigenvalue weighted by molar-refractivity contribution is 0.479. The molecule has 4 nitrogen and oxygen atoms in total. The Morgan fingerprint density at radius 2 is 2.22 bits per heavy atom. The van der Waals surface area contributed by atoms with Gasteiger partial charge in [-0.2, -0.15) is 0 Å². The molecule has 1 aliphatic rings. The van der Waals surface area contributed by atoms with Crippen molar-refractivity contribution in [2.24, 2.45) is 0 Å². The van der Waals surface area contributed by atoms with E-state index in [0.29, 0.717) is 11.1 Å². The number of halogens is 1. The van der Waals surface area contributed by atoms with Gasteiger partial charge in [0.2, 0.25) is 0 Å². The summed E-state index contributed by atoms with van der Waals surface area (Å²) in [6, 6.07) is 10.2. The quantitative estimate of drug-likeness (QED) is 0.872. The molecule has 5 heteroatoms. The van der Waals surface area contributed by atoms with Crippen LogP contribution in [0.25, 0.3) is 11.4 Å². The monoisotopic (exact) mass is 330 g/mol. The first-order valence-corrected chi connectivity index (χ1v) is 8.73. The summed E-state index contributed by atoms with van der Waals surface area (Å²) in [5.74, 6) is 1.65. The molecule has 0 aliphatic carbocycles. The number of piperidine rings is 1. The highest BCUT2D eigenvalue weighted by atomic mass is 35.5. The number of hydrogen-bond donors (Lipinski definition) is 2. The number of anilines is 1. The summed E-state index contributed by atoms with van der Waals surface area (Å²) in [5, 5.41) is 7.69. The lowest BCUT2D eigenvalue weighted by Gasteiger charge is -2.24. The SMILES string of the molecule is CCCc1cc(NC2CCCNC2)nc(-c2cccc(Cl)c2)n1. The van der Waals surface area contributed by atoms with Crippen molar-refractivity contribution in [3.63, 3.8) is 0 Å². The summed E-state index contributed by atoms with van der Waals surface area (Å²) >= 11 is 6.11. The molecular formula is C18H23ClN4. The fourth-order valence-electron chi connectivity index (χ4n) is 2.90. The second-order valence-electron chi connectivity index (χ2n) is 6.02. The van der Waals surface area contributed by atoms with Crippen LogP contribution in [0.4, 0.5) is 5.82 Å². The van der Waals surface area contributed by atoms with E-state index in [9.17, 15) is 0 Å². The molecule has 3 rings (SSSR count). The Labute approximate surface area is 142 Å². The Balaban J connectivity index is 1.89. The normalized spacial score (nSPS) is 17.9. The molecule has 0 saturated carbocycles. The Bertz CT molecular complexity index is 653. The molecule has 122 valence electrons. The minimum atomic E-state index is 0.431. The Morgan fingerprint density at radius 1 is 1.30 bits per heavy atom. The molecule has 0 bridgehead atoms. The summed E-state index contributed by atoms with van der Waals surface area (Å²) in [6.45, 7) is 4.26. The molecule has 23 heavy (non-hydrogen) atoms. The van der Waals surface area contributed by atoms with E-state index >= 15 is 0 Å². The van der Waals surface area contributed by atoms with E-state index in [4.69, 9.17) is 21.6 Å². The molecule has 1 aromatic carbocycles. The number of benzene rings is 1. The molecule has 1 aliphatic heterocycles. The third-order valence-electron chi connectivity index (χ3n) is 4.02. The van der Waals surface area contributed by atoms with Crippen molar-refractivity contribution >= 4 is 17.4 Å². The third kappa shape index (κ3) is 4.43. The van der Waals surface area contributed by atoms with Crippen LogP contribution in [-0.4, -0.2) is 29.1 Å². The molecular weight excluding hydrogens is 308 g/mol. The predicted molar refractivity (Wildman–Crippen MR) is 96.0 cm³/mol. The van der Waals surface area contributed by atoms with Crippen molar-refractivity contribution in [1.82, 2.24) is 15.3 Å². The van der Waals surface area contributed by atoms with E-state index in [1.165, 1.54) is 12.8 Å². The van der Waals surface area contributed by atoms with Crippen molar-refractivity contribution in [2.45, 2.75) is 38.6 Å². The molecule has 2 aromatic rings. The Kier molecular flexibility index (Phi) is 5.47. The lowest BCUT2D eigenvalue weighted by atomic mass is 10.1. The first-order chi connectivity index (χ1) is 11.2. The number of hydrogen-bond acceptors (Lipinski definition) is 4. The zero-order valence-corrected chi connectivity index (χ0v) is 14.2. The van der Waals surface area contributed by atoms with Crippen LogP contribution in [0.15, 0.2) is 30.3 Å². The highest BCUT2D eigenvalue weighted by Gasteiger charge is 2.14. The molecule has 2 N–H and O–H groups in total. The fraction of sp³-hybridized carbons (Fsp3) is 0.444. The van der Waals surface area contributed by atoms with E-state index in [2.05, 4.69) is 23.6 Å². The van der Waals surface area contributed by atoms with Gasteiger partial charge in [-0.15, -0.1) is 0 Å². The summed E-state index contributed by atoms with van der Waals surface area (Å²) < 4.78 is 0. The van der Waals surface area contributed by atoms with Crippen molar-refractivity contribution in [3.05, 3.63) is 41.0 Å². The van der Waals surface area contributed by atoms with Gasteiger partial charge in [0.15, 0.2) is 5.82 Å². The second kappa shape index (κ2) is 7.75. The molecule has 1 unspecified atom stereocenters. The van der Waals surface area contributed by atoms with Crippen LogP contribution in [0.5, 0.6) is 0 Å². The first kappa shape index (κ1) is 16.2. The summed E-state index contributed by atoms with van der Waals surface area (Å²) in [7, 11) is 0. The van der Waals surface area contributed by atoms with Gasteiger partial charge in [-0.1, -0.05) is 37.1 Å². The van der Waals surface area contributed by atoms with Crippen LogP contribution in [0.3, 0.4) is 0 Å². The first-order valence-electron chi connectivity index (χ1n) is 8.36. The second-order valence-corrected chi connectivity index (χ2v) is 6.45. The maximum Gasteiger partial charge on any atom is 0.161 e. The number of nitrogens with zero attached hydrogens (tertiary/aromatic N) is 2. The van der Waals surface area contributed by atoms with Gasteiger partial charge in [0.25, 0.3) is 0 Å². The maximum atomic E-state index is 6.11. The van der Waals surface area contributed by atoms with E-state index in [1.807, 2.05) is 24.3 Å². The van der Waals surface area contributed by atoms with Gasteiger partial charge in [0, 0.05) is 34.9 Å². The molecule has 1 aromatic heterocycles. The zero-order chi connectivity index (χ0) is 16.1. The van der Waals surface area contributed by atoms with Crippen molar-refractivity contribution in [2.75, 3.05) is 18.4 Å². The molecule has 1 fully saturated rings. The van der Waals surface area contributed by atoms with Gasteiger partial charge in [0.1, 0.15) is 5.82 Å². The number of aryl methyl sites for hydroxylation is 1. The van der Waals surface area contributed by atoms with Crippen LogP contribution in [0, 0.1) is 0 Å². The summed E-state index contributed by atoms with van der Waals surface area (Å²) in [4.78, 5) is 9.41. The fourth-order valence-corrected chi connectivity index (χ4v) is 3.09. The van der Waals surface area contributed by atoms with Crippen LogP contribution in [0.2, 0.25) is 5.02 Å². The predicted octanol–water partition coefficient (Wildman–Crippen LogP) is 3.91. The molecule has 1 saturated heterocycles. The Morgan fingerprint density at radius 3 is 2.96 bits per heavy atom. The number of aromatic nitrogens is 2. The average Bonchev–Trinajstić information content (AvgIpc) is 2.56. The van der Waals surface area contributed by atoms with Gasteiger partial charge < -0.3 is 10.6 Å². The van der Waals surface area contributed by atoms with Gasteiger partial charge in [-0.25, -0.2) is 9.97 Å². The van der Waals surface area contributed by atoms with Gasteiger partial charge in [-0.3, -0.25) is 0 Å². The van der Waals surface area contributed by atoms with Crippen molar-refractivity contribution in [3.8, 4) is 11.4 Å². The van der Waals surface area contributed by atoms with E-state index in [1.54, 1.807) is 0 Å². The highest BCUT2D eigenvalue weighted by molar-refractivity contribution is 6.30. The number of rotatable bonds is 5. The van der Waals surface area contributed by atoms with Crippen LogP contribution in [-0.2, 0) is 6.42 Å². The van der Waals surface area contributed by atoms with Gasteiger partial charge in [0.05, 0.1) is 0 Å². The minimum Gasteiger partial charge on any atom is -0.366 e. The topological polar surface area (TPSA) is 49.8 Å². The molecule has 2 heterocycles. The molecule has 1 atom stereocenters. The van der Waals surface area contributed by atoms with Crippen LogP contribution >= 0.6 is 11.6 Å². The highest BCUT2D eigenvalue weighted by Crippen LogP contribution is 2.22. The van der Waals surface area contributed by atoms with Crippen LogP contribution in [0.1, 0.15) is 31.9 Å². The third-order valence-corrected chi connectivity index (χ3v) is 4.25. The standard InChI is InChI=1S/C18H23ClN4/c1-2-5-15-11-17(21-16-8-4-9-20-12-16)23-18(22-15)13-6-3-7-14(19)10-13/h3,6-7,10-11,16,20H,2,4-5,8-9,12H2,1H3,(H,21,22,23). The average molecular weight is 331 g/mol. The van der Waals surface area contributed by atoms with Crippen molar-refractivity contribution in [1.29, 1.82) is 0 Å². The van der Waals surface area contributed by atoms with E-state index in [-0.39, 0.29) is 0 Å². The molecule has 0 amide bonds. The summed E-state index contributed by atoms with van der Waals surface area (Å²) in [5.41, 5.74) is 2.03. The largest absolute Gasteiger partial charge is 0.366 e. The number of nitrogens with one attached hydrogen (secondary N) is 2.